The maximum absolute atomic E-state index is 12.4. The maximum Gasteiger partial charge on any atom is 0.329 e. The Labute approximate surface area is 272 Å². The average Bonchev–Trinajstić information content (AvgIpc) is 3.00. The lowest BCUT2D eigenvalue weighted by Gasteiger charge is -2.16. The number of carbonyl (C=O) groups is 3. The number of unbranched alkanes of at least 4 members (excludes halogenated alkanes) is 27. The maximum atomic E-state index is 12.4. The summed E-state index contributed by atoms with van der Waals surface area (Å²) in [5, 5.41) is 11.8. The quantitative estimate of drug-likeness (QED) is 0.0541. The normalized spacial score (nSPS) is 11.9. The summed E-state index contributed by atoms with van der Waals surface area (Å²) in [6.45, 7) is 4.78. The molecular formula is C38H73NO5. The summed E-state index contributed by atoms with van der Waals surface area (Å²) in [4.78, 5) is 36.0. The largest absolute Gasteiger partial charge is 0.481 e. The van der Waals surface area contributed by atoms with Gasteiger partial charge < -0.3 is 15.2 Å². The van der Waals surface area contributed by atoms with Crippen LogP contribution in [-0.2, 0) is 19.1 Å². The number of rotatable bonds is 35. The van der Waals surface area contributed by atoms with Crippen molar-refractivity contribution in [2.24, 2.45) is 0 Å². The molecule has 0 radical (unpaired) electrons. The molecule has 0 aliphatic carbocycles. The Morgan fingerprint density at radius 3 is 1.16 bits per heavy atom. The highest BCUT2D eigenvalue weighted by atomic mass is 16.5. The van der Waals surface area contributed by atoms with Crippen LogP contribution in [0, 0.1) is 0 Å². The summed E-state index contributed by atoms with van der Waals surface area (Å²) in [5.74, 6) is -2.02. The Balaban J connectivity index is 3.65. The van der Waals surface area contributed by atoms with Crippen LogP contribution in [0.4, 0.5) is 0 Å². The molecule has 0 aliphatic rings. The van der Waals surface area contributed by atoms with Gasteiger partial charge in [-0.1, -0.05) is 187 Å². The Hall–Kier alpha value is -1.59. The first-order valence-corrected chi connectivity index (χ1v) is 19.2. The molecule has 0 saturated heterocycles. The lowest BCUT2D eigenvalue weighted by Crippen LogP contribution is -2.43. The Morgan fingerprint density at radius 2 is 0.818 bits per heavy atom. The smallest absolute Gasteiger partial charge is 0.329 e. The molecular weight excluding hydrogens is 550 g/mol. The van der Waals surface area contributed by atoms with E-state index in [0.717, 1.165) is 38.5 Å². The van der Waals surface area contributed by atoms with Gasteiger partial charge in [0, 0.05) is 6.42 Å². The van der Waals surface area contributed by atoms with Crippen LogP contribution in [0.3, 0.4) is 0 Å². The fraction of sp³-hybridized carbons (Fsp3) is 0.921. The molecule has 6 heteroatoms. The van der Waals surface area contributed by atoms with Crippen LogP contribution >= 0.6 is 0 Å². The lowest BCUT2D eigenvalue weighted by molar-refractivity contribution is -0.151. The molecule has 6 nitrogen and oxygen atoms in total. The third kappa shape index (κ3) is 31.8. The van der Waals surface area contributed by atoms with Crippen molar-refractivity contribution in [3.05, 3.63) is 0 Å². The molecule has 44 heavy (non-hydrogen) atoms. The molecule has 0 spiro atoms. The van der Waals surface area contributed by atoms with E-state index >= 15 is 0 Å². The molecule has 0 aromatic rings. The van der Waals surface area contributed by atoms with Gasteiger partial charge in [-0.3, -0.25) is 9.59 Å². The zero-order chi connectivity index (χ0) is 32.4. The van der Waals surface area contributed by atoms with Crippen LogP contribution in [-0.4, -0.2) is 35.6 Å². The number of hydrogen-bond acceptors (Lipinski definition) is 4. The second kappa shape index (κ2) is 34.3. The first kappa shape index (κ1) is 42.4. The van der Waals surface area contributed by atoms with Gasteiger partial charge in [0.2, 0.25) is 5.91 Å². The molecule has 0 rings (SSSR count). The second-order valence-electron chi connectivity index (χ2n) is 13.2. The van der Waals surface area contributed by atoms with Gasteiger partial charge in [0.15, 0.2) is 0 Å². The van der Waals surface area contributed by atoms with Gasteiger partial charge in [-0.15, -0.1) is 0 Å². The van der Waals surface area contributed by atoms with Gasteiger partial charge in [0.25, 0.3) is 0 Å². The van der Waals surface area contributed by atoms with Gasteiger partial charge in [0.1, 0.15) is 6.04 Å². The molecule has 1 amide bonds. The first-order valence-electron chi connectivity index (χ1n) is 19.2. The van der Waals surface area contributed by atoms with Gasteiger partial charge >= 0.3 is 11.9 Å². The number of aliphatic carboxylic acids is 1. The van der Waals surface area contributed by atoms with E-state index in [2.05, 4.69) is 19.2 Å². The number of carboxylic acids is 1. The van der Waals surface area contributed by atoms with Crippen molar-refractivity contribution in [1.29, 1.82) is 0 Å². The monoisotopic (exact) mass is 624 g/mol. The van der Waals surface area contributed by atoms with E-state index < -0.39 is 24.4 Å². The van der Waals surface area contributed by atoms with E-state index in [1.807, 2.05) is 0 Å². The summed E-state index contributed by atoms with van der Waals surface area (Å²) in [6.07, 6.45) is 36.6. The minimum Gasteiger partial charge on any atom is -0.481 e. The zero-order valence-electron chi connectivity index (χ0n) is 29.3. The molecule has 2 N–H and O–H groups in total. The Bertz CT molecular complexity index is 653. The van der Waals surface area contributed by atoms with Crippen LogP contribution in [0.25, 0.3) is 0 Å². The van der Waals surface area contributed by atoms with Crippen LogP contribution in [0.2, 0.25) is 0 Å². The first-order chi connectivity index (χ1) is 21.5. The standard InChI is InChI=1S/C38H73NO5/c1-3-5-7-9-11-13-14-15-16-17-18-19-20-21-22-23-25-27-29-31-33-44-38(43)35(34-37(41)42)39-36(40)32-30-28-26-24-12-10-8-6-4-2/h35H,3-34H2,1-2H3,(H,39,40)(H,41,42)/t35-/m0/s1. The minimum atomic E-state index is -1.12. The fourth-order valence-electron chi connectivity index (χ4n) is 5.86. The van der Waals surface area contributed by atoms with E-state index in [9.17, 15) is 19.5 Å². The van der Waals surface area contributed by atoms with Crippen LogP contribution < -0.4 is 5.32 Å². The SMILES string of the molecule is CCCCCCCCCCCCCCCCCCCCCCOC(=O)[C@H](CC(=O)O)NC(=O)CCCCCCCCCCC. The summed E-state index contributed by atoms with van der Waals surface area (Å²) in [5.41, 5.74) is 0. The molecule has 0 bridgehead atoms. The van der Waals surface area contributed by atoms with Gasteiger partial charge in [-0.05, 0) is 12.8 Å². The Kier molecular flexibility index (Phi) is 33.0. The van der Waals surface area contributed by atoms with Crippen LogP contribution in [0.15, 0.2) is 0 Å². The number of amides is 1. The van der Waals surface area contributed by atoms with Crippen molar-refractivity contribution in [3.8, 4) is 0 Å². The summed E-state index contributed by atoms with van der Waals surface area (Å²) in [7, 11) is 0. The third-order valence-corrected chi connectivity index (χ3v) is 8.75. The molecule has 0 aromatic carbocycles. The van der Waals surface area contributed by atoms with Gasteiger partial charge in [-0.2, -0.15) is 0 Å². The van der Waals surface area contributed by atoms with Gasteiger partial charge in [-0.25, -0.2) is 4.79 Å². The molecule has 260 valence electrons. The van der Waals surface area contributed by atoms with Crippen molar-refractivity contribution in [2.75, 3.05) is 6.61 Å². The van der Waals surface area contributed by atoms with Crippen molar-refractivity contribution in [1.82, 2.24) is 5.32 Å². The number of esters is 1. The van der Waals surface area contributed by atoms with E-state index in [4.69, 9.17) is 4.74 Å². The molecule has 0 saturated carbocycles. The second-order valence-corrected chi connectivity index (χ2v) is 13.2. The van der Waals surface area contributed by atoms with Gasteiger partial charge in [0.05, 0.1) is 13.0 Å². The molecule has 1 atom stereocenters. The number of carbonyl (C=O) groups excluding carboxylic acids is 2. The van der Waals surface area contributed by atoms with Crippen molar-refractivity contribution in [2.45, 2.75) is 219 Å². The van der Waals surface area contributed by atoms with Crippen molar-refractivity contribution >= 4 is 17.8 Å². The highest BCUT2D eigenvalue weighted by Gasteiger charge is 2.25. The van der Waals surface area contributed by atoms with Crippen LogP contribution in [0.1, 0.15) is 213 Å². The number of carboxylic acid groups (broad SMARTS) is 1. The topological polar surface area (TPSA) is 92.7 Å². The number of ether oxygens (including phenoxy) is 1. The highest BCUT2D eigenvalue weighted by Crippen LogP contribution is 2.15. The third-order valence-electron chi connectivity index (χ3n) is 8.75. The molecule has 0 heterocycles. The highest BCUT2D eigenvalue weighted by molar-refractivity contribution is 5.87. The summed E-state index contributed by atoms with van der Waals surface area (Å²) >= 11 is 0. The number of hydrogen-bond donors (Lipinski definition) is 2. The van der Waals surface area contributed by atoms with Crippen LogP contribution in [0.5, 0.6) is 0 Å². The summed E-state index contributed by atoms with van der Waals surface area (Å²) in [6, 6.07) is -1.11. The Morgan fingerprint density at radius 1 is 0.500 bits per heavy atom. The van der Waals surface area contributed by atoms with Crippen molar-refractivity contribution < 1.29 is 24.2 Å². The molecule has 0 fully saturated rings. The summed E-state index contributed by atoms with van der Waals surface area (Å²) < 4.78 is 5.32. The molecule has 0 aliphatic heterocycles. The average molecular weight is 624 g/mol. The van der Waals surface area contributed by atoms with Crippen molar-refractivity contribution in [3.63, 3.8) is 0 Å². The van der Waals surface area contributed by atoms with E-state index in [-0.39, 0.29) is 12.5 Å². The van der Waals surface area contributed by atoms with E-state index in [1.54, 1.807) is 0 Å². The number of nitrogens with one attached hydrogen (secondary N) is 1. The molecule has 0 unspecified atom stereocenters. The lowest BCUT2D eigenvalue weighted by atomic mass is 10.0. The minimum absolute atomic E-state index is 0.269. The molecule has 0 aromatic heterocycles. The zero-order valence-corrected chi connectivity index (χ0v) is 29.3. The van der Waals surface area contributed by atoms with E-state index in [1.165, 1.54) is 148 Å². The predicted octanol–water partition coefficient (Wildman–Crippen LogP) is 11.2. The predicted molar refractivity (Wildman–Crippen MR) is 185 cm³/mol. The van der Waals surface area contributed by atoms with E-state index in [0.29, 0.717) is 6.42 Å². The fourth-order valence-corrected chi connectivity index (χ4v) is 5.86.